The molecule has 0 unspecified atom stereocenters. The van der Waals surface area contributed by atoms with Crippen molar-refractivity contribution in [2.24, 2.45) is 5.92 Å². The predicted octanol–water partition coefficient (Wildman–Crippen LogP) is 3.67. The zero-order chi connectivity index (χ0) is 14.4. The minimum Gasteiger partial charge on any atom is -0.397 e. The number of nitrogens with one attached hydrogen (secondary N) is 2. The van der Waals surface area contributed by atoms with E-state index in [0.29, 0.717) is 11.4 Å². The van der Waals surface area contributed by atoms with Crippen LogP contribution in [0.5, 0.6) is 0 Å². The Morgan fingerprint density at radius 2 is 2.05 bits per heavy atom. The molecule has 1 aromatic carbocycles. The molecule has 0 saturated heterocycles. The van der Waals surface area contributed by atoms with Crippen LogP contribution in [0.1, 0.15) is 44.1 Å². The molecule has 20 heavy (non-hydrogen) atoms. The van der Waals surface area contributed by atoms with Crippen LogP contribution in [0.25, 0.3) is 0 Å². The van der Waals surface area contributed by atoms with Gasteiger partial charge in [-0.25, -0.2) is 4.79 Å². The fourth-order valence-electron chi connectivity index (χ4n) is 2.81. The second-order valence-corrected chi connectivity index (χ2v) is 5.76. The molecule has 110 valence electrons. The highest BCUT2D eigenvalue weighted by Crippen LogP contribution is 2.25. The van der Waals surface area contributed by atoms with Crippen LogP contribution in [0.4, 0.5) is 16.2 Å². The highest BCUT2D eigenvalue weighted by atomic mass is 16.2. The van der Waals surface area contributed by atoms with Gasteiger partial charge in [0.15, 0.2) is 0 Å². The maximum absolute atomic E-state index is 11.8. The van der Waals surface area contributed by atoms with Gasteiger partial charge in [-0.1, -0.05) is 38.2 Å². The number of urea groups is 1. The molecule has 4 nitrogen and oxygen atoms in total. The van der Waals surface area contributed by atoms with Crippen LogP contribution >= 0.6 is 0 Å². The van der Waals surface area contributed by atoms with Gasteiger partial charge < -0.3 is 16.4 Å². The van der Waals surface area contributed by atoms with Gasteiger partial charge in [-0.05, 0) is 37.0 Å². The molecule has 0 atom stereocenters. The Morgan fingerprint density at radius 1 is 1.30 bits per heavy atom. The number of carbonyl (C=O) groups excluding carboxylic acids is 1. The molecule has 2 amide bonds. The summed E-state index contributed by atoms with van der Waals surface area (Å²) in [6.07, 6.45) is 7.77. The van der Waals surface area contributed by atoms with E-state index in [-0.39, 0.29) is 6.03 Å². The Hall–Kier alpha value is -1.71. The van der Waals surface area contributed by atoms with Crippen molar-refractivity contribution in [3.05, 3.63) is 23.8 Å². The molecule has 0 aromatic heterocycles. The number of amides is 2. The third-order valence-electron chi connectivity index (χ3n) is 4.02. The molecule has 0 heterocycles. The van der Waals surface area contributed by atoms with Gasteiger partial charge in [0.1, 0.15) is 0 Å². The molecular formula is C16H25N3O. The van der Waals surface area contributed by atoms with Crippen LogP contribution in [-0.2, 0) is 0 Å². The molecule has 2 rings (SSSR count). The summed E-state index contributed by atoms with van der Waals surface area (Å²) in [7, 11) is 0. The molecule has 4 heteroatoms. The van der Waals surface area contributed by atoms with Gasteiger partial charge in [-0.15, -0.1) is 0 Å². The van der Waals surface area contributed by atoms with Crippen LogP contribution in [0.15, 0.2) is 18.2 Å². The van der Waals surface area contributed by atoms with Gasteiger partial charge in [0.05, 0.1) is 11.4 Å². The van der Waals surface area contributed by atoms with Crippen molar-refractivity contribution < 1.29 is 4.79 Å². The minimum atomic E-state index is -0.168. The molecule has 1 aliphatic rings. The molecule has 0 spiro atoms. The van der Waals surface area contributed by atoms with Crippen LogP contribution in [0.3, 0.4) is 0 Å². The fourth-order valence-corrected chi connectivity index (χ4v) is 2.81. The van der Waals surface area contributed by atoms with Gasteiger partial charge in [-0.3, -0.25) is 0 Å². The Labute approximate surface area is 121 Å². The number of nitrogen functional groups attached to an aromatic ring is 1. The summed E-state index contributed by atoms with van der Waals surface area (Å²) in [4.78, 5) is 11.8. The van der Waals surface area contributed by atoms with Gasteiger partial charge in [0, 0.05) is 6.54 Å². The molecule has 1 saturated carbocycles. The number of anilines is 2. The average Bonchev–Trinajstić information content (AvgIpc) is 2.44. The van der Waals surface area contributed by atoms with Crippen molar-refractivity contribution in [1.82, 2.24) is 5.32 Å². The van der Waals surface area contributed by atoms with E-state index in [0.717, 1.165) is 24.4 Å². The molecular weight excluding hydrogens is 250 g/mol. The monoisotopic (exact) mass is 275 g/mol. The Bertz CT molecular complexity index is 453. The average molecular weight is 275 g/mol. The van der Waals surface area contributed by atoms with E-state index in [1.807, 2.05) is 25.1 Å². The Balaban J connectivity index is 1.73. The van der Waals surface area contributed by atoms with Gasteiger partial charge in [-0.2, -0.15) is 0 Å². The smallest absolute Gasteiger partial charge is 0.319 e. The second-order valence-electron chi connectivity index (χ2n) is 5.76. The maximum atomic E-state index is 11.8. The normalized spacial score (nSPS) is 15.8. The van der Waals surface area contributed by atoms with Crippen molar-refractivity contribution in [3.63, 3.8) is 0 Å². The van der Waals surface area contributed by atoms with Crippen LogP contribution in [0.2, 0.25) is 0 Å². The van der Waals surface area contributed by atoms with E-state index in [9.17, 15) is 4.79 Å². The summed E-state index contributed by atoms with van der Waals surface area (Å²) in [6, 6.07) is 5.46. The summed E-state index contributed by atoms with van der Waals surface area (Å²) in [5, 5.41) is 5.73. The van der Waals surface area contributed by atoms with E-state index in [1.165, 1.54) is 32.1 Å². The third kappa shape index (κ3) is 4.44. The van der Waals surface area contributed by atoms with Crippen LogP contribution < -0.4 is 16.4 Å². The Morgan fingerprint density at radius 3 is 2.80 bits per heavy atom. The highest BCUT2D eigenvalue weighted by molar-refractivity contribution is 5.92. The zero-order valence-corrected chi connectivity index (χ0v) is 12.2. The molecule has 0 bridgehead atoms. The van der Waals surface area contributed by atoms with E-state index in [4.69, 9.17) is 5.73 Å². The summed E-state index contributed by atoms with van der Waals surface area (Å²) in [6.45, 7) is 2.72. The van der Waals surface area contributed by atoms with Crippen molar-refractivity contribution >= 4 is 17.4 Å². The summed E-state index contributed by atoms with van der Waals surface area (Å²) < 4.78 is 0. The maximum Gasteiger partial charge on any atom is 0.319 e. The first-order valence-electron chi connectivity index (χ1n) is 7.56. The number of carbonyl (C=O) groups is 1. The molecule has 1 aliphatic carbocycles. The van der Waals surface area contributed by atoms with Gasteiger partial charge in [0.2, 0.25) is 0 Å². The highest BCUT2D eigenvalue weighted by Gasteiger charge is 2.13. The van der Waals surface area contributed by atoms with Crippen molar-refractivity contribution in [3.8, 4) is 0 Å². The first-order valence-corrected chi connectivity index (χ1v) is 7.56. The lowest BCUT2D eigenvalue weighted by Crippen LogP contribution is -2.31. The van der Waals surface area contributed by atoms with E-state index in [1.54, 1.807) is 0 Å². The topological polar surface area (TPSA) is 67.1 Å². The lowest BCUT2D eigenvalue weighted by molar-refractivity contribution is 0.250. The van der Waals surface area contributed by atoms with Gasteiger partial charge >= 0.3 is 6.03 Å². The molecule has 0 aliphatic heterocycles. The number of aryl methyl sites for hydroxylation is 1. The van der Waals surface area contributed by atoms with Crippen LogP contribution in [0, 0.1) is 12.8 Å². The lowest BCUT2D eigenvalue weighted by Gasteiger charge is -2.21. The molecule has 0 radical (unpaired) electrons. The summed E-state index contributed by atoms with van der Waals surface area (Å²) in [5.74, 6) is 0.785. The standard InChI is InChI=1S/C16H25N3O/c1-12-7-8-14(17)15(11-12)19-16(20)18-10-9-13-5-3-2-4-6-13/h7-8,11,13H,2-6,9-10,17H2,1H3,(H2,18,19,20). The van der Waals surface area contributed by atoms with Crippen LogP contribution in [-0.4, -0.2) is 12.6 Å². The quantitative estimate of drug-likeness (QED) is 0.734. The number of hydrogen-bond donors (Lipinski definition) is 3. The number of hydrogen-bond acceptors (Lipinski definition) is 2. The SMILES string of the molecule is Cc1ccc(N)c(NC(=O)NCCC2CCCCC2)c1. The van der Waals surface area contributed by atoms with E-state index < -0.39 is 0 Å². The number of benzene rings is 1. The van der Waals surface area contributed by atoms with E-state index >= 15 is 0 Å². The first kappa shape index (κ1) is 14.7. The van der Waals surface area contributed by atoms with Crippen molar-refractivity contribution in [2.75, 3.05) is 17.6 Å². The fraction of sp³-hybridized carbons (Fsp3) is 0.562. The second kappa shape index (κ2) is 7.17. The predicted molar refractivity (Wildman–Crippen MR) is 83.8 cm³/mol. The molecule has 4 N–H and O–H groups in total. The van der Waals surface area contributed by atoms with Gasteiger partial charge in [0.25, 0.3) is 0 Å². The number of nitrogens with two attached hydrogens (primary N) is 1. The zero-order valence-electron chi connectivity index (χ0n) is 12.2. The van der Waals surface area contributed by atoms with E-state index in [2.05, 4.69) is 10.6 Å². The van der Waals surface area contributed by atoms with Crippen molar-refractivity contribution in [1.29, 1.82) is 0 Å². The third-order valence-corrected chi connectivity index (χ3v) is 4.02. The summed E-state index contributed by atoms with van der Waals surface area (Å²) in [5.41, 5.74) is 8.20. The number of rotatable bonds is 4. The Kier molecular flexibility index (Phi) is 5.27. The lowest BCUT2D eigenvalue weighted by atomic mass is 9.87. The molecule has 1 fully saturated rings. The molecule has 1 aromatic rings. The van der Waals surface area contributed by atoms with Crippen molar-refractivity contribution in [2.45, 2.75) is 45.4 Å². The minimum absolute atomic E-state index is 0.168. The largest absolute Gasteiger partial charge is 0.397 e. The summed E-state index contributed by atoms with van der Waals surface area (Å²) >= 11 is 0. The first-order chi connectivity index (χ1) is 9.65.